The topological polar surface area (TPSA) is 23.5 Å². The zero-order valence-electron chi connectivity index (χ0n) is 11.2. The van der Waals surface area contributed by atoms with Crippen molar-refractivity contribution in [1.82, 2.24) is 0 Å². The van der Waals surface area contributed by atoms with E-state index in [2.05, 4.69) is 24.0 Å². The first kappa shape index (κ1) is 13.9. The van der Waals surface area contributed by atoms with Crippen molar-refractivity contribution in [3.05, 3.63) is 59.1 Å². The lowest BCUT2D eigenvalue weighted by Gasteiger charge is -2.25. The molecule has 1 atom stereocenters. The lowest BCUT2D eigenvalue weighted by atomic mass is 10.1. The third-order valence-corrected chi connectivity index (χ3v) is 3.43. The molecule has 0 amide bonds. The van der Waals surface area contributed by atoms with Gasteiger partial charge >= 0.3 is 0 Å². The van der Waals surface area contributed by atoms with Crippen molar-refractivity contribution in [2.45, 2.75) is 20.0 Å². The van der Waals surface area contributed by atoms with E-state index >= 15 is 0 Å². The van der Waals surface area contributed by atoms with E-state index in [1.807, 2.05) is 36.4 Å². The molecule has 19 heavy (non-hydrogen) atoms. The van der Waals surface area contributed by atoms with E-state index in [0.29, 0.717) is 5.02 Å². The Kier molecular flexibility index (Phi) is 4.46. The molecule has 0 saturated carbocycles. The molecule has 0 aliphatic heterocycles. The molecule has 1 unspecified atom stereocenters. The van der Waals surface area contributed by atoms with E-state index in [1.54, 1.807) is 6.92 Å². The van der Waals surface area contributed by atoms with Crippen molar-refractivity contribution in [2.24, 2.45) is 0 Å². The Morgan fingerprint density at radius 3 is 2.37 bits per heavy atom. The van der Waals surface area contributed by atoms with Crippen LogP contribution in [0, 0.1) is 0 Å². The van der Waals surface area contributed by atoms with E-state index in [-0.39, 0.29) is 0 Å². The number of anilines is 2. The maximum atomic E-state index is 9.58. The second kappa shape index (κ2) is 6.09. The first-order valence-electron chi connectivity index (χ1n) is 6.43. The molecule has 2 rings (SSSR count). The van der Waals surface area contributed by atoms with Gasteiger partial charge in [0.2, 0.25) is 0 Å². The van der Waals surface area contributed by atoms with Crippen molar-refractivity contribution < 1.29 is 5.11 Å². The fourth-order valence-corrected chi connectivity index (χ4v) is 2.39. The first-order valence-corrected chi connectivity index (χ1v) is 6.81. The SMILES string of the molecule is CCN(c1ccccc1)c1ccc(C(C)O)cc1Cl. The van der Waals surface area contributed by atoms with Gasteiger partial charge in [0.05, 0.1) is 16.8 Å². The minimum atomic E-state index is -0.502. The number of para-hydroxylation sites is 1. The molecular formula is C16H18ClNO. The second-order valence-corrected chi connectivity index (χ2v) is 4.87. The van der Waals surface area contributed by atoms with Gasteiger partial charge in [0, 0.05) is 12.2 Å². The predicted octanol–water partition coefficient (Wildman–Crippen LogP) is 4.55. The molecule has 0 spiro atoms. The van der Waals surface area contributed by atoms with Crippen molar-refractivity contribution in [3.63, 3.8) is 0 Å². The van der Waals surface area contributed by atoms with Crippen LogP contribution in [0.25, 0.3) is 0 Å². The van der Waals surface area contributed by atoms with Gasteiger partial charge in [-0.15, -0.1) is 0 Å². The Balaban J connectivity index is 2.39. The summed E-state index contributed by atoms with van der Waals surface area (Å²) in [6.45, 7) is 4.66. The molecule has 0 heterocycles. The van der Waals surface area contributed by atoms with E-state index < -0.39 is 6.10 Å². The molecule has 100 valence electrons. The van der Waals surface area contributed by atoms with E-state index in [0.717, 1.165) is 23.5 Å². The summed E-state index contributed by atoms with van der Waals surface area (Å²) >= 11 is 6.34. The van der Waals surface area contributed by atoms with Gasteiger partial charge in [0.15, 0.2) is 0 Å². The quantitative estimate of drug-likeness (QED) is 0.885. The van der Waals surface area contributed by atoms with Crippen molar-refractivity contribution >= 4 is 23.0 Å². The summed E-state index contributed by atoms with van der Waals surface area (Å²) in [5.41, 5.74) is 2.90. The highest BCUT2D eigenvalue weighted by molar-refractivity contribution is 6.33. The summed E-state index contributed by atoms with van der Waals surface area (Å²) in [7, 11) is 0. The predicted molar refractivity (Wildman–Crippen MR) is 81.2 cm³/mol. The van der Waals surface area contributed by atoms with Gasteiger partial charge in [-0.3, -0.25) is 0 Å². The molecule has 1 N–H and O–H groups in total. The highest BCUT2D eigenvalue weighted by Crippen LogP contribution is 2.33. The van der Waals surface area contributed by atoms with Crippen LogP contribution in [0.2, 0.25) is 5.02 Å². The number of benzene rings is 2. The second-order valence-electron chi connectivity index (χ2n) is 4.47. The first-order chi connectivity index (χ1) is 9.13. The van der Waals surface area contributed by atoms with Crippen LogP contribution in [0.4, 0.5) is 11.4 Å². The number of aliphatic hydroxyl groups excluding tert-OH is 1. The lowest BCUT2D eigenvalue weighted by molar-refractivity contribution is 0.199. The van der Waals surface area contributed by atoms with Crippen LogP contribution in [0.15, 0.2) is 48.5 Å². The summed E-state index contributed by atoms with van der Waals surface area (Å²) in [6.07, 6.45) is -0.502. The smallest absolute Gasteiger partial charge is 0.0762 e. The molecule has 3 heteroatoms. The van der Waals surface area contributed by atoms with E-state index in [4.69, 9.17) is 11.6 Å². The van der Waals surface area contributed by atoms with E-state index in [1.165, 1.54) is 0 Å². The van der Waals surface area contributed by atoms with Crippen LogP contribution < -0.4 is 4.90 Å². The molecular weight excluding hydrogens is 258 g/mol. The fourth-order valence-electron chi connectivity index (χ4n) is 2.10. The van der Waals surface area contributed by atoms with Gasteiger partial charge in [-0.25, -0.2) is 0 Å². The van der Waals surface area contributed by atoms with Gasteiger partial charge in [0.25, 0.3) is 0 Å². The number of rotatable bonds is 4. The lowest BCUT2D eigenvalue weighted by Crippen LogP contribution is -2.16. The molecule has 0 bridgehead atoms. The Morgan fingerprint density at radius 2 is 1.84 bits per heavy atom. The molecule has 0 radical (unpaired) electrons. The minimum absolute atomic E-state index is 0.502. The molecule has 0 fully saturated rings. The maximum Gasteiger partial charge on any atom is 0.0762 e. The molecule has 0 saturated heterocycles. The number of halogens is 1. The average molecular weight is 276 g/mol. The van der Waals surface area contributed by atoms with Gasteiger partial charge in [-0.05, 0) is 43.7 Å². The Hall–Kier alpha value is -1.51. The van der Waals surface area contributed by atoms with Crippen LogP contribution >= 0.6 is 11.6 Å². The number of aliphatic hydroxyl groups is 1. The third-order valence-electron chi connectivity index (χ3n) is 3.13. The number of nitrogens with zero attached hydrogens (tertiary/aromatic N) is 1. The van der Waals surface area contributed by atoms with Crippen molar-refractivity contribution in [1.29, 1.82) is 0 Å². The Morgan fingerprint density at radius 1 is 1.16 bits per heavy atom. The summed E-state index contributed by atoms with van der Waals surface area (Å²) in [6, 6.07) is 15.8. The highest BCUT2D eigenvalue weighted by atomic mass is 35.5. The monoisotopic (exact) mass is 275 g/mol. The Labute approximate surface area is 119 Å². The summed E-state index contributed by atoms with van der Waals surface area (Å²) in [4.78, 5) is 2.15. The standard InChI is InChI=1S/C16H18ClNO/c1-3-18(14-7-5-4-6-8-14)16-10-9-13(12(2)19)11-15(16)17/h4-12,19H,3H2,1-2H3. The maximum absolute atomic E-state index is 9.58. The number of hydrogen-bond acceptors (Lipinski definition) is 2. The molecule has 0 aliphatic rings. The van der Waals surface area contributed by atoms with Crippen LogP contribution in [0.5, 0.6) is 0 Å². The van der Waals surface area contributed by atoms with Crippen LogP contribution in [-0.2, 0) is 0 Å². The van der Waals surface area contributed by atoms with Crippen LogP contribution in [0.1, 0.15) is 25.5 Å². The molecule has 0 aliphatic carbocycles. The van der Waals surface area contributed by atoms with Crippen LogP contribution in [-0.4, -0.2) is 11.7 Å². The largest absolute Gasteiger partial charge is 0.389 e. The van der Waals surface area contributed by atoms with Crippen molar-refractivity contribution in [2.75, 3.05) is 11.4 Å². The zero-order chi connectivity index (χ0) is 13.8. The van der Waals surface area contributed by atoms with Gasteiger partial charge in [-0.1, -0.05) is 35.9 Å². The normalized spacial score (nSPS) is 12.2. The fraction of sp³-hybridized carbons (Fsp3) is 0.250. The highest BCUT2D eigenvalue weighted by Gasteiger charge is 2.12. The van der Waals surface area contributed by atoms with Crippen LogP contribution in [0.3, 0.4) is 0 Å². The summed E-state index contributed by atoms with van der Waals surface area (Å²) < 4.78 is 0. The molecule has 0 aromatic heterocycles. The average Bonchev–Trinajstić information content (AvgIpc) is 2.42. The zero-order valence-corrected chi connectivity index (χ0v) is 11.9. The number of hydrogen-bond donors (Lipinski definition) is 1. The van der Waals surface area contributed by atoms with Gasteiger partial charge < -0.3 is 10.0 Å². The van der Waals surface area contributed by atoms with Gasteiger partial charge in [-0.2, -0.15) is 0 Å². The molecule has 2 nitrogen and oxygen atoms in total. The summed E-state index contributed by atoms with van der Waals surface area (Å²) in [5, 5.41) is 10.2. The summed E-state index contributed by atoms with van der Waals surface area (Å²) in [5.74, 6) is 0. The van der Waals surface area contributed by atoms with Gasteiger partial charge in [0.1, 0.15) is 0 Å². The van der Waals surface area contributed by atoms with E-state index in [9.17, 15) is 5.11 Å². The molecule has 2 aromatic carbocycles. The third kappa shape index (κ3) is 3.09. The van der Waals surface area contributed by atoms with Crippen molar-refractivity contribution in [3.8, 4) is 0 Å². The Bertz CT molecular complexity index is 540. The minimum Gasteiger partial charge on any atom is -0.389 e. The molecule has 2 aromatic rings.